The largest absolute Gasteiger partial charge is 0.443 e. The lowest BCUT2D eigenvalue weighted by Crippen LogP contribution is -2.35. The molecule has 2 aromatic rings. The number of allylic oxidation sites excluding steroid dienone is 1. The number of hydrogen-bond acceptors (Lipinski definition) is 6. The lowest BCUT2D eigenvalue weighted by molar-refractivity contribution is -0.103. The number of carbonyl (C=O) groups excluding carboxylic acids is 3. The first kappa shape index (κ1) is 28.7. The summed E-state index contributed by atoms with van der Waals surface area (Å²) in [6.45, 7) is 11.7. The number of carbonyl (C=O) groups is 3. The minimum absolute atomic E-state index is 0.101. The normalized spacial score (nSPS) is 14.6. The Hall–Kier alpha value is -3.91. The van der Waals surface area contributed by atoms with E-state index in [0.717, 1.165) is 34.1 Å². The van der Waals surface area contributed by atoms with Gasteiger partial charge in [-0.05, 0) is 63.8 Å². The van der Waals surface area contributed by atoms with Gasteiger partial charge in [0.1, 0.15) is 11.2 Å². The molecule has 2 aromatic carbocycles. The topological polar surface area (TPSA) is 96.4 Å². The number of nitrogens with zero attached hydrogens (tertiary/aromatic N) is 2. The summed E-state index contributed by atoms with van der Waals surface area (Å²) >= 11 is 0. The van der Waals surface area contributed by atoms with Crippen LogP contribution in [0, 0.1) is 0 Å². The van der Waals surface area contributed by atoms with Crippen molar-refractivity contribution in [3.8, 4) is 0 Å². The molecule has 0 saturated carbocycles. The van der Waals surface area contributed by atoms with Gasteiger partial charge in [0.15, 0.2) is 6.29 Å². The van der Waals surface area contributed by atoms with E-state index in [0.29, 0.717) is 18.7 Å². The highest BCUT2D eigenvalue weighted by molar-refractivity contribution is 6.08. The Balaban J connectivity index is 0.000000211. The van der Waals surface area contributed by atoms with Crippen molar-refractivity contribution in [3.05, 3.63) is 83.2 Å². The summed E-state index contributed by atoms with van der Waals surface area (Å²) in [5.74, 6) is 0. The summed E-state index contributed by atoms with van der Waals surface area (Å²) in [4.78, 5) is 38.1. The van der Waals surface area contributed by atoms with Crippen molar-refractivity contribution < 1.29 is 29.0 Å². The zero-order chi connectivity index (χ0) is 28.1. The maximum absolute atomic E-state index is 12.1. The van der Waals surface area contributed by atoms with E-state index >= 15 is 0 Å². The van der Waals surface area contributed by atoms with Gasteiger partial charge in [0, 0.05) is 23.5 Å². The monoisotopic (exact) mass is 520 g/mol. The fraction of sp³-hybridized carbons (Fsp3) is 0.367. The lowest BCUT2D eigenvalue weighted by atomic mass is 9.97. The average Bonchev–Trinajstić information content (AvgIpc) is 2.85. The van der Waals surface area contributed by atoms with Crippen LogP contribution in [0.4, 0.5) is 9.59 Å². The molecule has 2 amide bonds. The molecule has 0 aromatic heterocycles. The maximum Gasteiger partial charge on any atom is 0.414 e. The van der Waals surface area contributed by atoms with E-state index in [1.165, 1.54) is 9.80 Å². The Kier molecular flexibility index (Phi) is 8.78. The molecular formula is C30H36N2O6. The first-order valence-electron chi connectivity index (χ1n) is 12.5. The van der Waals surface area contributed by atoms with Crippen molar-refractivity contribution in [3.63, 3.8) is 0 Å². The Morgan fingerprint density at radius 1 is 0.789 bits per heavy atom. The van der Waals surface area contributed by atoms with Crippen LogP contribution in [0.5, 0.6) is 0 Å². The zero-order valence-electron chi connectivity index (χ0n) is 22.9. The molecular weight excluding hydrogens is 484 g/mol. The van der Waals surface area contributed by atoms with Gasteiger partial charge in [-0.25, -0.2) is 9.59 Å². The summed E-state index contributed by atoms with van der Waals surface area (Å²) in [6.07, 6.45) is 3.13. The third kappa shape index (κ3) is 7.55. The van der Waals surface area contributed by atoms with E-state index in [2.05, 4.69) is 0 Å². The van der Waals surface area contributed by atoms with Crippen molar-refractivity contribution in [2.24, 2.45) is 0 Å². The first-order chi connectivity index (χ1) is 17.8. The SMILES string of the molecule is CC(C)(C)OC(=O)N1C=C(C=O)c2ccccc2C1.CC(C)(C)OC(=O)N1C=C(CO)c2ccccc2C1. The number of hydrogen-bond donors (Lipinski definition) is 1. The second-order valence-electron chi connectivity index (χ2n) is 11.0. The highest BCUT2D eigenvalue weighted by atomic mass is 16.6. The molecule has 8 heteroatoms. The fourth-order valence-electron chi connectivity index (χ4n) is 3.96. The molecule has 8 nitrogen and oxygen atoms in total. The number of rotatable bonds is 2. The van der Waals surface area contributed by atoms with Crippen molar-refractivity contribution in [1.29, 1.82) is 0 Å². The molecule has 0 fully saturated rings. The van der Waals surface area contributed by atoms with E-state index < -0.39 is 23.4 Å². The Bertz CT molecular complexity index is 1250. The molecule has 38 heavy (non-hydrogen) atoms. The summed E-state index contributed by atoms with van der Waals surface area (Å²) < 4.78 is 10.7. The molecule has 0 aliphatic carbocycles. The van der Waals surface area contributed by atoms with Gasteiger partial charge in [-0.15, -0.1) is 0 Å². The smallest absolute Gasteiger partial charge is 0.414 e. The molecule has 2 aliphatic rings. The fourth-order valence-corrected chi connectivity index (χ4v) is 3.96. The predicted octanol–water partition coefficient (Wildman–Crippen LogP) is 5.75. The first-order valence-corrected chi connectivity index (χ1v) is 12.5. The molecule has 2 aliphatic heterocycles. The van der Waals surface area contributed by atoms with Gasteiger partial charge >= 0.3 is 12.2 Å². The van der Waals surface area contributed by atoms with E-state index in [-0.39, 0.29) is 6.61 Å². The van der Waals surface area contributed by atoms with E-state index in [9.17, 15) is 19.5 Å². The molecule has 0 spiro atoms. The summed E-state index contributed by atoms with van der Waals surface area (Å²) in [6, 6.07) is 15.3. The summed E-state index contributed by atoms with van der Waals surface area (Å²) in [5, 5.41) is 9.42. The van der Waals surface area contributed by atoms with E-state index in [1.54, 1.807) is 12.4 Å². The van der Waals surface area contributed by atoms with Crippen molar-refractivity contribution in [2.75, 3.05) is 6.61 Å². The van der Waals surface area contributed by atoms with Gasteiger partial charge in [-0.2, -0.15) is 0 Å². The molecule has 0 unspecified atom stereocenters. The van der Waals surface area contributed by atoms with Crippen LogP contribution < -0.4 is 0 Å². The molecule has 0 bridgehead atoms. The summed E-state index contributed by atoms with van der Waals surface area (Å²) in [5.41, 5.74) is 3.96. The maximum atomic E-state index is 12.1. The number of fused-ring (bicyclic) bond motifs is 2. The molecule has 2 heterocycles. The Labute approximate surface area is 224 Å². The van der Waals surface area contributed by atoms with Gasteiger partial charge < -0.3 is 14.6 Å². The van der Waals surface area contributed by atoms with E-state index in [4.69, 9.17) is 9.47 Å². The second-order valence-corrected chi connectivity index (χ2v) is 11.0. The van der Waals surface area contributed by atoms with Crippen LogP contribution in [0.15, 0.2) is 60.9 Å². The van der Waals surface area contributed by atoms with Gasteiger partial charge in [0.2, 0.25) is 0 Å². The minimum atomic E-state index is -0.552. The van der Waals surface area contributed by atoms with E-state index in [1.807, 2.05) is 90.1 Å². The predicted molar refractivity (Wildman–Crippen MR) is 146 cm³/mol. The molecule has 4 rings (SSSR count). The minimum Gasteiger partial charge on any atom is -0.443 e. The molecule has 202 valence electrons. The number of aliphatic hydroxyl groups is 1. The molecule has 0 atom stereocenters. The molecule has 0 saturated heterocycles. The summed E-state index contributed by atoms with van der Waals surface area (Å²) in [7, 11) is 0. The van der Waals surface area contributed by atoms with Crippen LogP contribution in [-0.2, 0) is 27.4 Å². The van der Waals surface area contributed by atoms with Crippen LogP contribution in [0.2, 0.25) is 0 Å². The zero-order valence-corrected chi connectivity index (χ0v) is 22.9. The highest BCUT2D eigenvalue weighted by Gasteiger charge is 2.26. The third-order valence-electron chi connectivity index (χ3n) is 5.53. The van der Waals surface area contributed by atoms with Crippen LogP contribution in [0.3, 0.4) is 0 Å². The standard InChI is InChI=1S/C15H19NO3.C15H17NO3/c2*1-15(2,3)19-14(18)16-8-11-6-4-5-7-13(11)12(9-16)10-17/h4-7,9,17H,8,10H2,1-3H3;4-7,9-10H,8H2,1-3H3. The lowest BCUT2D eigenvalue weighted by Gasteiger charge is -2.29. The Morgan fingerprint density at radius 3 is 1.71 bits per heavy atom. The quantitative estimate of drug-likeness (QED) is 0.507. The van der Waals surface area contributed by atoms with Gasteiger partial charge in [-0.1, -0.05) is 48.5 Å². The van der Waals surface area contributed by atoms with Gasteiger partial charge in [0.05, 0.1) is 19.7 Å². The number of amides is 2. The number of aliphatic hydroxyl groups excluding tert-OH is 1. The van der Waals surface area contributed by atoms with Gasteiger partial charge in [-0.3, -0.25) is 14.6 Å². The van der Waals surface area contributed by atoms with Crippen molar-refractivity contribution in [1.82, 2.24) is 9.80 Å². The van der Waals surface area contributed by atoms with Crippen molar-refractivity contribution >= 4 is 29.6 Å². The van der Waals surface area contributed by atoms with Crippen molar-refractivity contribution in [2.45, 2.75) is 65.8 Å². The number of aldehydes is 1. The molecule has 1 N–H and O–H groups in total. The Morgan fingerprint density at radius 2 is 1.24 bits per heavy atom. The van der Waals surface area contributed by atoms with Gasteiger partial charge in [0.25, 0.3) is 0 Å². The third-order valence-corrected chi connectivity index (χ3v) is 5.53. The number of benzene rings is 2. The van der Waals surface area contributed by atoms with Crippen LogP contribution in [0.1, 0.15) is 63.8 Å². The van der Waals surface area contributed by atoms with Crippen LogP contribution in [0.25, 0.3) is 11.1 Å². The highest BCUT2D eigenvalue weighted by Crippen LogP contribution is 2.28. The average molecular weight is 521 g/mol. The van der Waals surface area contributed by atoms with Crippen LogP contribution in [-0.4, -0.2) is 51.2 Å². The van der Waals surface area contributed by atoms with Crippen LogP contribution >= 0.6 is 0 Å². The number of ether oxygens (including phenoxy) is 2. The second kappa shape index (κ2) is 11.6. The molecule has 0 radical (unpaired) electrons.